The van der Waals surface area contributed by atoms with Crippen molar-refractivity contribution in [3.05, 3.63) is 17.3 Å². The Morgan fingerprint density at radius 3 is 2.83 bits per heavy atom. The number of carbonyl (C=O) groups is 2. The molecule has 9 nitrogen and oxygen atoms in total. The van der Waals surface area contributed by atoms with E-state index >= 15 is 0 Å². The Bertz CT molecular complexity index is 1010. The monoisotopic (exact) mass is 399 g/mol. The normalized spacial score (nSPS) is 23.4. The molecule has 3 aliphatic rings. The van der Waals surface area contributed by atoms with Crippen LogP contribution in [0.4, 0.5) is 16.3 Å². The Hall–Kier alpha value is -3.04. The van der Waals surface area contributed by atoms with E-state index in [0.717, 1.165) is 18.9 Å². The number of halogens is 1. The van der Waals surface area contributed by atoms with Gasteiger partial charge in [-0.05, 0) is 24.8 Å². The number of alkyl halides is 1. The molecule has 1 aliphatic carbocycles. The number of carbonyl (C=O) groups excluding carboxylic acids is 2. The summed E-state index contributed by atoms with van der Waals surface area (Å²) in [6.07, 6.45) is 6.45. The molecule has 2 aromatic rings. The van der Waals surface area contributed by atoms with Gasteiger partial charge in [-0.15, -0.1) is 0 Å². The number of fused-ring (bicyclic) bond motifs is 1. The fraction of sp³-hybridized carbons (Fsp3) is 0.526. The van der Waals surface area contributed by atoms with Gasteiger partial charge in [0.1, 0.15) is 6.17 Å². The molecular weight excluding hydrogens is 377 g/mol. The predicted octanol–water partition coefficient (Wildman–Crippen LogP) is 1.31. The van der Waals surface area contributed by atoms with Gasteiger partial charge in [-0.1, -0.05) is 12.8 Å². The maximum atomic E-state index is 13.8. The second-order valence-electron chi connectivity index (χ2n) is 7.90. The summed E-state index contributed by atoms with van der Waals surface area (Å²) in [5.41, 5.74) is 1.51. The quantitative estimate of drug-likeness (QED) is 0.557. The number of imide groups is 1. The van der Waals surface area contributed by atoms with Crippen molar-refractivity contribution < 1.29 is 14.0 Å². The summed E-state index contributed by atoms with van der Waals surface area (Å²) >= 11 is 0. The van der Waals surface area contributed by atoms with Crippen LogP contribution in [0.1, 0.15) is 37.7 Å². The number of nitrogens with zero attached hydrogens (tertiary/aromatic N) is 5. The van der Waals surface area contributed by atoms with Crippen molar-refractivity contribution in [2.24, 2.45) is 5.92 Å². The SMILES string of the molecule is O=C1C/C(=C\c2cnn3c(N4CC[C@H](F)C4)nc(NCCC4CC4)nc23)C(=O)N1. The number of nitrogens with one attached hydrogen (secondary N) is 2. The zero-order valence-electron chi connectivity index (χ0n) is 15.9. The van der Waals surface area contributed by atoms with E-state index in [0.29, 0.717) is 41.6 Å². The van der Waals surface area contributed by atoms with Crippen LogP contribution in [-0.4, -0.2) is 57.2 Å². The summed E-state index contributed by atoms with van der Waals surface area (Å²) in [7, 11) is 0. The first-order valence-corrected chi connectivity index (χ1v) is 10.0. The summed E-state index contributed by atoms with van der Waals surface area (Å²) < 4.78 is 15.4. The molecule has 29 heavy (non-hydrogen) atoms. The molecule has 1 saturated carbocycles. The van der Waals surface area contributed by atoms with Gasteiger partial charge in [0.15, 0.2) is 5.65 Å². The van der Waals surface area contributed by atoms with Gasteiger partial charge in [0.2, 0.25) is 17.8 Å². The number of anilines is 2. The highest BCUT2D eigenvalue weighted by Gasteiger charge is 2.28. The van der Waals surface area contributed by atoms with Crippen molar-refractivity contribution in [2.75, 3.05) is 29.9 Å². The lowest BCUT2D eigenvalue weighted by Crippen LogP contribution is -2.25. The lowest BCUT2D eigenvalue weighted by atomic mass is 10.1. The van der Waals surface area contributed by atoms with E-state index in [-0.39, 0.29) is 18.9 Å². The molecule has 2 amide bonds. The van der Waals surface area contributed by atoms with Gasteiger partial charge < -0.3 is 10.2 Å². The highest BCUT2D eigenvalue weighted by Crippen LogP contribution is 2.32. The lowest BCUT2D eigenvalue weighted by molar-refractivity contribution is -0.124. The van der Waals surface area contributed by atoms with E-state index in [2.05, 4.69) is 25.7 Å². The molecule has 2 aromatic heterocycles. The maximum absolute atomic E-state index is 13.8. The first-order valence-electron chi connectivity index (χ1n) is 10.0. The third-order valence-corrected chi connectivity index (χ3v) is 5.55. The van der Waals surface area contributed by atoms with Crippen LogP contribution in [0.2, 0.25) is 0 Å². The van der Waals surface area contributed by atoms with E-state index in [1.807, 2.05) is 4.90 Å². The van der Waals surface area contributed by atoms with E-state index in [9.17, 15) is 14.0 Å². The molecule has 2 aliphatic heterocycles. The van der Waals surface area contributed by atoms with Gasteiger partial charge in [-0.2, -0.15) is 19.6 Å². The number of aromatic nitrogens is 4. The minimum absolute atomic E-state index is 0.0380. The molecule has 152 valence electrons. The van der Waals surface area contributed by atoms with Crippen LogP contribution in [0, 0.1) is 5.92 Å². The van der Waals surface area contributed by atoms with Crippen LogP contribution < -0.4 is 15.5 Å². The molecule has 0 bridgehead atoms. The average Bonchev–Trinajstić information content (AvgIpc) is 3.12. The molecule has 0 spiro atoms. The Morgan fingerprint density at radius 2 is 2.14 bits per heavy atom. The highest BCUT2D eigenvalue weighted by atomic mass is 19.1. The predicted molar refractivity (Wildman–Crippen MR) is 104 cm³/mol. The molecule has 2 N–H and O–H groups in total. The van der Waals surface area contributed by atoms with Gasteiger partial charge in [-0.25, -0.2) is 4.39 Å². The molecule has 1 atom stereocenters. The Balaban J connectivity index is 1.51. The van der Waals surface area contributed by atoms with Crippen LogP contribution in [-0.2, 0) is 9.59 Å². The maximum Gasteiger partial charge on any atom is 0.254 e. The average molecular weight is 399 g/mol. The largest absolute Gasteiger partial charge is 0.354 e. The fourth-order valence-corrected chi connectivity index (χ4v) is 3.77. The summed E-state index contributed by atoms with van der Waals surface area (Å²) in [6, 6.07) is 0. The van der Waals surface area contributed by atoms with Crippen LogP contribution in [0.15, 0.2) is 11.8 Å². The van der Waals surface area contributed by atoms with Crippen molar-refractivity contribution in [2.45, 2.75) is 38.3 Å². The number of hydrogen-bond donors (Lipinski definition) is 2. The number of rotatable bonds is 6. The summed E-state index contributed by atoms with van der Waals surface area (Å²) in [5, 5.41) is 9.92. The van der Waals surface area contributed by atoms with Crippen molar-refractivity contribution in [3.8, 4) is 0 Å². The van der Waals surface area contributed by atoms with E-state index < -0.39 is 12.1 Å². The minimum Gasteiger partial charge on any atom is -0.354 e. The standard InChI is InChI=1S/C19H22FN7O2/c20-14-4-6-26(10-14)19-25-18(21-5-3-11-1-2-11)24-16-13(9-22-27(16)19)7-12-8-15(28)23-17(12)29/h7,9,11,14H,1-6,8,10H2,(H,21,24)(H,23,28,29)/b12-7+/t14-/m0/s1. The lowest BCUT2D eigenvalue weighted by Gasteiger charge is -2.18. The molecule has 2 saturated heterocycles. The smallest absolute Gasteiger partial charge is 0.254 e. The van der Waals surface area contributed by atoms with Crippen LogP contribution in [0.25, 0.3) is 11.7 Å². The first-order chi connectivity index (χ1) is 14.1. The van der Waals surface area contributed by atoms with Crippen molar-refractivity contribution in [1.82, 2.24) is 24.9 Å². The Kier molecular flexibility index (Phi) is 4.40. The van der Waals surface area contributed by atoms with Crippen LogP contribution >= 0.6 is 0 Å². The van der Waals surface area contributed by atoms with Crippen LogP contribution in [0.3, 0.4) is 0 Å². The first kappa shape index (κ1) is 18.0. The molecule has 4 heterocycles. The molecule has 0 unspecified atom stereocenters. The zero-order chi connectivity index (χ0) is 20.0. The van der Waals surface area contributed by atoms with Gasteiger partial charge in [0.25, 0.3) is 5.91 Å². The Labute approximate surface area is 166 Å². The number of amides is 2. The topological polar surface area (TPSA) is 105 Å². The van der Waals surface area contributed by atoms with Gasteiger partial charge in [-0.3, -0.25) is 14.9 Å². The third-order valence-electron chi connectivity index (χ3n) is 5.55. The van der Waals surface area contributed by atoms with E-state index in [4.69, 9.17) is 0 Å². The molecule has 3 fully saturated rings. The van der Waals surface area contributed by atoms with E-state index in [1.165, 1.54) is 12.8 Å². The summed E-state index contributed by atoms with van der Waals surface area (Å²) in [5.74, 6) is 1.06. The molecule has 0 radical (unpaired) electrons. The van der Waals surface area contributed by atoms with Gasteiger partial charge in [0.05, 0.1) is 19.2 Å². The van der Waals surface area contributed by atoms with Gasteiger partial charge >= 0.3 is 0 Å². The molecule has 10 heteroatoms. The van der Waals surface area contributed by atoms with Crippen molar-refractivity contribution >= 4 is 35.4 Å². The third kappa shape index (κ3) is 3.66. The second kappa shape index (κ2) is 7.09. The molecule has 5 rings (SSSR count). The minimum atomic E-state index is -0.892. The van der Waals surface area contributed by atoms with E-state index in [1.54, 1.807) is 16.8 Å². The number of hydrogen-bond acceptors (Lipinski definition) is 7. The van der Waals surface area contributed by atoms with Crippen LogP contribution in [0.5, 0.6) is 0 Å². The second-order valence-corrected chi connectivity index (χ2v) is 7.90. The Morgan fingerprint density at radius 1 is 1.28 bits per heavy atom. The summed E-state index contributed by atoms with van der Waals surface area (Å²) in [6.45, 7) is 1.59. The van der Waals surface area contributed by atoms with Crippen molar-refractivity contribution in [3.63, 3.8) is 0 Å². The molecular formula is C19H22FN7O2. The molecule has 0 aromatic carbocycles. The summed E-state index contributed by atoms with van der Waals surface area (Å²) in [4.78, 5) is 34.4. The van der Waals surface area contributed by atoms with Gasteiger partial charge in [0, 0.05) is 24.2 Å². The zero-order valence-corrected chi connectivity index (χ0v) is 15.9. The van der Waals surface area contributed by atoms with Crippen molar-refractivity contribution in [1.29, 1.82) is 0 Å². The fourth-order valence-electron chi connectivity index (χ4n) is 3.77. The highest BCUT2D eigenvalue weighted by molar-refractivity contribution is 6.15.